The van der Waals surface area contributed by atoms with Gasteiger partial charge in [-0.25, -0.2) is 0 Å². The third-order valence-electron chi connectivity index (χ3n) is 3.58. The summed E-state index contributed by atoms with van der Waals surface area (Å²) in [5.74, 6) is -1.08. The molecule has 1 aliphatic heterocycles. The van der Waals surface area contributed by atoms with Crippen molar-refractivity contribution in [1.82, 2.24) is 10.2 Å². The van der Waals surface area contributed by atoms with Gasteiger partial charge in [-0.1, -0.05) is 6.92 Å². The molecule has 0 aromatic heterocycles. The average Bonchev–Trinajstić information content (AvgIpc) is 2.28. The van der Waals surface area contributed by atoms with Crippen LogP contribution in [-0.4, -0.2) is 43.3 Å². The predicted molar refractivity (Wildman–Crippen MR) is 63.0 cm³/mol. The van der Waals surface area contributed by atoms with Gasteiger partial charge in [-0.3, -0.25) is 0 Å². The molecule has 1 fully saturated rings. The van der Waals surface area contributed by atoms with E-state index >= 15 is 0 Å². The fourth-order valence-corrected chi connectivity index (χ4v) is 2.10. The second-order valence-electron chi connectivity index (χ2n) is 4.92. The predicted octanol–water partition coefficient (Wildman–Crippen LogP) is 2.65. The van der Waals surface area contributed by atoms with Gasteiger partial charge in [-0.15, -0.1) is 0 Å². The van der Waals surface area contributed by atoms with Gasteiger partial charge in [0.15, 0.2) is 0 Å². The van der Waals surface area contributed by atoms with Crippen molar-refractivity contribution in [2.24, 2.45) is 5.92 Å². The molecule has 1 rings (SSSR count). The van der Waals surface area contributed by atoms with E-state index in [2.05, 4.69) is 24.1 Å². The van der Waals surface area contributed by atoms with Crippen molar-refractivity contribution in [3.05, 3.63) is 0 Å². The van der Waals surface area contributed by atoms with Gasteiger partial charge in [0.2, 0.25) is 0 Å². The number of halogens is 3. The van der Waals surface area contributed by atoms with Crippen molar-refractivity contribution < 1.29 is 13.2 Å². The molecule has 1 heterocycles. The number of hydrogen-bond donors (Lipinski definition) is 1. The molecule has 5 heteroatoms. The minimum Gasteiger partial charge on any atom is -0.313 e. The molecular formula is C12H23F3N2. The van der Waals surface area contributed by atoms with Crippen molar-refractivity contribution in [1.29, 1.82) is 0 Å². The lowest BCUT2D eigenvalue weighted by Crippen LogP contribution is -2.42. The van der Waals surface area contributed by atoms with E-state index in [1.54, 1.807) is 0 Å². The Kier molecular flexibility index (Phi) is 5.73. The molecule has 1 unspecified atom stereocenters. The van der Waals surface area contributed by atoms with E-state index in [-0.39, 0.29) is 12.8 Å². The smallest absolute Gasteiger partial charge is 0.313 e. The van der Waals surface area contributed by atoms with Crippen molar-refractivity contribution in [3.8, 4) is 0 Å². The van der Waals surface area contributed by atoms with Crippen molar-refractivity contribution in [2.75, 3.05) is 26.2 Å². The number of rotatable bonds is 5. The van der Waals surface area contributed by atoms with Gasteiger partial charge in [0.1, 0.15) is 0 Å². The molecule has 1 N–H and O–H groups in total. The average molecular weight is 252 g/mol. The van der Waals surface area contributed by atoms with E-state index in [1.807, 2.05) is 0 Å². The molecule has 0 saturated carbocycles. The molecule has 0 spiro atoms. The summed E-state index contributed by atoms with van der Waals surface area (Å²) in [7, 11) is 0. The largest absolute Gasteiger partial charge is 0.391 e. The molecule has 102 valence electrons. The first-order chi connectivity index (χ1) is 7.93. The molecule has 0 radical (unpaired) electrons. The van der Waals surface area contributed by atoms with Gasteiger partial charge in [0.25, 0.3) is 0 Å². The maximum absolute atomic E-state index is 12.4. The van der Waals surface area contributed by atoms with Gasteiger partial charge in [0, 0.05) is 19.1 Å². The van der Waals surface area contributed by atoms with Gasteiger partial charge < -0.3 is 10.2 Å². The van der Waals surface area contributed by atoms with E-state index in [1.165, 1.54) is 0 Å². The molecule has 1 saturated heterocycles. The van der Waals surface area contributed by atoms with Gasteiger partial charge in [-0.2, -0.15) is 13.2 Å². The Morgan fingerprint density at radius 2 is 1.88 bits per heavy atom. The summed E-state index contributed by atoms with van der Waals surface area (Å²) in [6.07, 6.45) is -2.41. The Labute approximate surface area is 102 Å². The maximum atomic E-state index is 12.4. The normalized spacial score (nSPS) is 21.7. The highest BCUT2D eigenvalue weighted by Crippen LogP contribution is 2.33. The lowest BCUT2D eigenvalue weighted by molar-refractivity contribution is -0.184. The van der Waals surface area contributed by atoms with Crippen LogP contribution in [0.3, 0.4) is 0 Å². The third-order valence-corrected chi connectivity index (χ3v) is 3.58. The summed E-state index contributed by atoms with van der Waals surface area (Å²) in [4.78, 5) is 2.12. The highest BCUT2D eigenvalue weighted by Gasteiger charge is 2.40. The first kappa shape index (κ1) is 14.8. The first-order valence-corrected chi connectivity index (χ1v) is 6.46. The highest BCUT2D eigenvalue weighted by atomic mass is 19.4. The van der Waals surface area contributed by atoms with Gasteiger partial charge in [-0.05, 0) is 39.3 Å². The van der Waals surface area contributed by atoms with Gasteiger partial charge in [0.05, 0.1) is 5.92 Å². The Bertz CT molecular complexity index is 210. The van der Waals surface area contributed by atoms with Crippen LogP contribution in [0.5, 0.6) is 0 Å². The summed E-state index contributed by atoms with van der Waals surface area (Å²) in [6, 6.07) is 0.489. The van der Waals surface area contributed by atoms with Crippen LogP contribution in [0.4, 0.5) is 13.2 Å². The van der Waals surface area contributed by atoms with Gasteiger partial charge >= 0.3 is 6.18 Å². The summed E-state index contributed by atoms with van der Waals surface area (Å²) in [6.45, 7) is 7.11. The van der Waals surface area contributed by atoms with Crippen LogP contribution in [0.2, 0.25) is 0 Å². The Balaban J connectivity index is 2.15. The van der Waals surface area contributed by atoms with E-state index < -0.39 is 12.1 Å². The van der Waals surface area contributed by atoms with Crippen LogP contribution >= 0.6 is 0 Å². The molecule has 0 aliphatic carbocycles. The van der Waals surface area contributed by atoms with Crippen LogP contribution in [-0.2, 0) is 0 Å². The molecule has 0 bridgehead atoms. The minimum atomic E-state index is -4.00. The summed E-state index contributed by atoms with van der Waals surface area (Å²) in [5, 5.41) is 3.36. The van der Waals surface area contributed by atoms with Crippen molar-refractivity contribution >= 4 is 0 Å². The van der Waals surface area contributed by atoms with E-state index in [0.717, 1.165) is 19.5 Å². The lowest BCUT2D eigenvalue weighted by Gasteiger charge is -2.33. The van der Waals surface area contributed by atoms with Crippen molar-refractivity contribution in [2.45, 2.75) is 45.3 Å². The molecule has 0 aromatic carbocycles. The number of likely N-dealkylation sites (tertiary alicyclic amines) is 1. The fourth-order valence-electron chi connectivity index (χ4n) is 2.10. The molecular weight excluding hydrogens is 229 g/mol. The molecule has 1 aliphatic rings. The summed E-state index contributed by atoms with van der Waals surface area (Å²) < 4.78 is 37.3. The second kappa shape index (κ2) is 6.59. The Morgan fingerprint density at radius 1 is 1.29 bits per heavy atom. The Hall–Kier alpha value is -0.290. The highest BCUT2D eigenvalue weighted by molar-refractivity contribution is 4.77. The number of nitrogens with one attached hydrogen (secondary N) is 1. The third kappa shape index (κ3) is 5.25. The number of hydrogen-bond acceptors (Lipinski definition) is 2. The minimum absolute atomic E-state index is 0.257. The maximum Gasteiger partial charge on any atom is 0.391 e. The zero-order valence-electron chi connectivity index (χ0n) is 10.7. The molecule has 1 atom stereocenters. The topological polar surface area (TPSA) is 15.3 Å². The standard InChI is InChI=1S/C12H23F3N2/c1-3-10(2)16-6-9-17-7-4-11(5-8-17)12(13,14)15/h10-11,16H,3-9H2,1-2H3. The summed E-state index contributed by atoms with van der Waals surface area (Å²) >= 11 is 0. The van der Waals surface area contributed by atoms with E-state index in [0.29, 0.717) is 19.1 Å². The molecule has 2 nitrogen and oxygen atoms in total. The molecule has 17 heavy (non-hydrogen) atoms. The van der Waals surface area contributed by atoms with Crippen LogP contribution in [0.25, 0.3) is 0 Å². The van der Waals surface area contributed by atoms with E-state index in [4.69, 9.17) is 0 Å². The van der Waals surface area contributed by atoms with Crippen LogP contribution in [0, 0.1) is 5.92 Å². The quantitative estimate of drug-likeness (QED) is 0.809. The fraction of sp³-hybridized carbons (Fsp3) is 1.00. The van der Waals surface area contributed by atoms with E-state index in [9.17, 15) is 13.2 Å². The second-order valence-corrected chi connectivity index (χ2v) is 4.92. The SMILES string of the molecule is CCC(C)NCCN1CCC(C(F)(F)F)CC1. The zero-order chi connectivity index (χ0) is 12.9. The number of alkyl halides is 3. The summed E-state index contributed by atoms with van der Waals surface area (Å²) in [5.41, 5.74) is 0. The van der Waals surface area contributed by atoms with Crippen LogP contribution in [0.1, 0.15) is 33.1 Å². The van der Waals surface area contributed by atoms with Crippen LogP contribution < -0.4 is 5.32 Å². The number of nitrogens with zero attached hydrogens (tertiary/aromatic N) is 1. The van der Waals surface area contributed by atoms with Crippen LogP contribution in [0.15, 0.2) is 0 Å². The Morgan fingerprint density at radius 3 is 2.35 bits per heavy atom. The van der Waals surface area contributed by atoms with Crippen molar-refractivity contribution in [3.63, 3.8) is 0 Å². The first-order valence-electron chi connectivity index (χ1n) is 6.46. The lowest BCUT2D eigenvalue weighted by atomic mass is 9.96. The monoisotopic (exact) mass is 252 g/mol. The molecule has 0 aromatic rings. The molecule has 0 amide bonds. The number of piperidine rings is 1. The zero-order valence-corrected chi connectivity index (χ0v) is 10.7.